The first-order valence-electron chi connectivity index (χ1n) is 3.88. The number of rotatable bonds is 5. The molecule has 6 heteroatoms. The van der Waals surface area contributed by atoms with Crippen molar-refractivity contribution in [2.75, 3.05) is 6.16 Å². The van der Waals surface area contributed by atoms with Gasteiger partial charge in [0.15, 0.2) is 5.78 Å². The average Bonchev–Trinajstić information content (AvgIpc) is 2.65. The fourth-order valence-corrected chi connectivity index (χ4v) is 1.51. The molecule has 0 fully saturated rings. The van der Waals surface area contributed by atoms with E-state index in [2.05, 4.69) is 36.7 Å². The number of Topliss-reactive ketones (excluding diaryl/α,β-unsaturated/α-hetero) is 1. The van der Waals surface area contributed by atoms with Crippen LogP contribution in [0.2, 0.25) is 0 Å². The van der Waals surface area contributed by atoms with Crippen molar-refractivity contribution in [3.05, 3.63) is 18.2 Å². The Bertz CT molecular complexity index is 265. The molecule has 13 heavy (non-hydrogen) atoms. The molecular weight excluding hydrogens is 205 g/mol. The second-order valence-electron chi connectivity index (χ2n) is 2.62. The molecule has 0 amide bonds. The SMILES string of the molecule is O=C(CP)[C@H](Cc1c[nH]cn1)NS. The molecule has 1 heterocycles. The minimum Gasteiger partial charge on any atom is -0.351 e. The van der Waals surface area contributed by atoms with Crippen LogP contribution in [0.1, 0.15) is 5.69 Å². The van der Waals surface area contributed by atoms with E-state index in [1.165, 1.54) is 0 Å². The second-order valence-corrected chi connectivity index (χ2v) is 3.28. The molecule has 1 rings (SSSR count). The van der Waals surface area contributed by atoms with E-state index in [0.29, 0.717) is 12.6 Å². The smallest absolute Gasteiger partial charge is 0.154 e. The molecular formula is C7H12N3OPS. The number of carbonyl (C=O) groups is 1. The molecule has 0 saturated heterocycles. The summed E-state index contributed by atoms with van der Waals surface area (Å²) in [5.74, 6) is 0.114. The van der Waals surface area contributed by atoms with Crippen LogP contribution in [-0.2, 0) is 11.2 Å². The summed E-state index contributed by atoms with van der Waals surface area (Å²) in [7, 11) is 2.40. The van der Waals surface area contributed by atoms with E-state index in [1.54, 1.807) is 12.5 Å². The highest BCUT2D eigenvalue weighted by Crippen LogP contribution is 2.01. The minimum absolute atomic E-state index is 0.114. The minimum atomic E-state index is -0.260. The van der Waals surface area contributed by atoms with Crippen molar-refractivity contribution in [1.29, 1.82) is 0 Å². The van der Waals surface area contributed by atoms with Crippen LogP contribution in [0.3, 0.4) is 0 Å². The second kappa shape index (κ2) is 5.37. The van der Waals surface area contributed by atoms with Crippen LogP contribution in [0.5, 0.6) is 0 Å². The first kappa shape index (κ1) is 10.7. The number of aromatic nitrogens is 2. The van der Waals surface area contributed by atoms with Gasteiger partial charge < -0.3 is 4.98 Å². The molecule has 0 radical (unpaired) electrons. The summed E-state index contributed by atoms with van der Waals surface area (Å²) in [6.45, 7) is 0. The Morgan fingerprint density at radius 2 is 2.62 bits per heavy atom. The summed E-state index contributed by atoms with van der Waals surface area (Å²) in [4.78, 5) is 18.2. The van der Waals surface area contributed by atoms with E-state index in [-0.39, 0.29) is 11.8 Å². The van der Waals surface area contributed by atoms with Gasteiger partial charge in [0.1, 0.15) is 0 Å². The average molecular weight is 217 g/mol. The maximum Gasteiger partial charge on any atom is 0.154 e. The van der Waals surface area contributed by atoms with Crippen LogP contribution in [0.15, 0.2) is 12.5 Å². The number of nitrogens with zero attached hydrogens (tertiary/aromatic N) is 1. The Morgan fingerprint density at radius 3 is 3.08 bits per heavy atom. The zero-order valence-electron chi connectivity index (χ0n) is 7.03. The predicted molar refractivity (Wildman–Crippen MR) is 57.8 cm³/mol. The third-order valence-corrected chi connectivity index (χ3v) is 2.43. The number of thiol groups is 1. The van der Waals surface area contributed by atoms with Gasteiger partial charge in [0, 0.05) is 18.8 Å². The number of H-pyrrole nitrogens is 1. The monoisotopic (exact) mass is 217 g/mol. The van der Waals surface area contributed by atoms with Gasteiger partial charge in [-0.25, -0.2) is 4.98 Å². The van der Waals surface area contributed by atoms with E-state index < -0.39 is 0 Å². The van der Waals surface area contributed by atoms with Gasteiger partial charge in [-0.1, -0.05) is 12.8 Å². The topological polar surface area (TPSA) is 57.8 Å². The molecule has 4 nitrogen and oxygen atoms in total. The highest BCUT2D eigenvalue weighted by Gasteiger charge is 2.15. The molecule has 1 aromatic heterocycles. The van der Waals surface area contributed by atoms with Crippen molar-refractivity contribution in [2.24, 2.45) is 0 Å². The van der Waals surface area contributed by atoms with Gasteiger partial charge in [0.2, 0.25) is 0 Å². The van der Waals surface area contributed by atoms with Crippen LogP contribution in [0, 0.1) is 0 Å². The summed E-state index contributed by atoms with van der Waals surface area (Å²) in [6.07, 6.45) is 4.37. The summed E-state index contributed by atoms with van der Waals surface area (Å²) < 4.78 is 2.67. The van der Waals surface area contributed by atoms with Gasteiger partial charge in [-0.15, -0.1) is 9.24 Å². The fourth-order valence-electron chi connectivity index (χ4n) is 0.985. The number of carbonyl (C=O) groups excluding carboxylic acids is 1. The van der Waals surface area contributed by atoms with Crippen LogP contribution in [-0.4, -0.2) is 28.0 Å². The van der Waals surface area contributed by atoms with E-state index in [0.717, 1.165) is 5.69 Å². The lowest BCUT2D eigenvalue weighted by Crippen LogP contribution is -2.34. The molecule has 1 aromatic rings. The van der Waals surface area contributed by atoms with Crippen molar-refractivity contribution in [1.82, 2.24) is 14.7 Å². The number of ketones is 1. The Morgan fingerprint density at radius 1 is 1.85 bits per heavy atom. The largest absolute Gasteiger partial charge is 0.351 e. The zero-order valence-corrected chi connectivity index (χ0v) is 9.08. The fraction of sp³-hybridized carbons (Fsp3) is 0.429. The molecule has 2 N–H and O–H groups in total. The van der Waals surface area contributed by atoms with Crippen molar-refractivity contribution < 1.29 is 4.79 Å². The third-order valence-electron chi connectivity index (χ3n) is 1.71. The zero-order chi connectivity index (χ0) is 9.68. The Balaban J connectivity index is 2.54. The third kappa shape index (κ3) is 3.10. The van der Waals surface area contributed by atoms with Crippen molar-refractivity contribution >= 4 is 27.8 Å². The highest BCUT2D eigenvalue weighted by atomic mass is 32.1. The molecule has 0 aliphatic heterocycles. The van der Waals surface area contributed by atoms with Crippen LogP contribution in [0.25, 0.3) is 0 Å². The Kier molecular flexibility index (Phi) is 4.42. The molecule has 0 aliphatic rings. The van der Waals surface area contributed by atoms with Crippen molar-refractivity contribution in [3.63, 3.8) is 0 Å². The van der Waals surface area contributed by atoms with E-state index in [1.807, 2.05) is 0 Å². The van der Waals surface area contributed by atoms with Gasteiger partial charge in [-0.05, 0) is 0 Å². The number of hydrogen-bond acceptors (Lipinski definition) is 4. The van der Waals surface area contributed by atoms with Gasteiger partial charge in [0.05, 0.1) is 18.1 Å². The summed E-state index contributed by atoms with van der Waals surface area (Å²) >= 11 is 3.90. The Hall–Kier alpha value is -0.380. The lowest BCUT2D eigenvalue weighted by atomic mass is 10.1. The van der Waals surface area contributed by atoms with E-state index in [9.17, 15) is 4.79 Å². The maximum atomic E-state index is 11.3. The van der Waals surface area contributed by atoms with Crippen LogP contribution >= 0.6 is 22.1 Å². The number of imidazole rings is 1. The summed E-state index contributed by atoms with van der Waals surface area (Å²) in [5, 5.41) is 0. The summed E-state index contributed by atoms with van der Waals surface area (Å²) in [5.41, 5.74) is 0.860. The van der Waals surface area contributed by atoms with E-state index >= 15 is 0 Å². The highest BCUT2D eigenvalue weighted by molar-refractivity contribution is 7.78. The van der Waals surface area contributed by atoms with Crippen molar-refractivity contribution in [3.8, 4) is 0 Å². The molecule has 2 atom stereocenters. The number of hydrogen-bond donors (Lipinski definition) is 3. The number of nitrogens with one attached hydrogen (secondary N) is 2. The first-order valence-corrected chi connectivity index (χ1v) is 5.14. The first-order chi connectivity index (χ1) is 6.27. The predicted octanol–water partition coefficient (Wildman–Crippen LogP) is 0.199. The molecule has 72 valence electrons. The standard InChI is InChI=1S/C7H12N3OPS/c11-7(3-12)6(10-13)1-5-2-8-4-9-5/h2,4,6,10,13H,1,3,12H2,(H,8,9)/t6-/m0/s1. The van der Waals surface area contributed by atoms with Gasteiger partial charge in [-0.3, -0.25) is 9.52 Å². The molecule has 0 aliphatic carbocycles. The van der Waals surface area contributed by atoms with Crippen LogP contribution in [0.4, 0.5) is 0 Å². The molecule has 0 spiro atoms. The quantitative estimate of drug-likeness (QED) is 0.488. The molecule has 0 aromatic carbocycles. The lowest BCUT2D eigenvalue weighted by Gasteiger charge is -2.10. The lowest BCUT2D eigenvalue weighted by molar-refractivity contribution is -0.118. The van der Waals surface area contributed by atoms with Crippen molar-refractivity contribution in [2.45, 2.75) is 12.5 Å². The Labute approximate surface area is 84.7 Å². The summed E-state index contributed by atoms with van der Waals surface area (Å²) in [6, 6.07) is -0.260. The number of aromatic amines is 1. The van der Waals surface area contributed by atoms with Gasteiger partial charge in [-0.2, -0.15) is 0 Å². The maximum absolute atomic E-state index is 11.3. The molecule has 1 unspecified atom stereocenters. The molecule has 0 bridgehead atoms. The van der Waals surface area contributed by atoms with Gasteiger partial charge in [0.25, 0.3) is 0 Å². The van der Waals surface area contributed by atoms with E-state index in [4.69, 9.17) is 0 Å². The normalized spacial score (nSPS) is 12.8. The van der Waals surface area contributed by atoms with Crippen LogP contribution < -0.4 is 4.72 Å². The van der Waals surface area contributed by atoms with Gasteiger partial charge >= 0.3 is 0 Å². The molecule has 0 saturated carbocycles.